The molecule has 1 saturated heterocycles. The van der Waals surface area contributed by atoms with Crippen molar-refractivity contribution in [2.75, 3.05) is 13.7 Å². The van der Waals surface area contributed by atoms with Crippen molar-refractivity contribution in [3.05, 3.63) is 106 Å². The maximum absolute atomic E-state index is 15.5. The molecule has 0 aliphatic carbocycles. The van der Waals surface area contributed by atoms with Crippen LogP contribution in [0, 0.1) is 17.5 Å². The molecule has 1 aliphatic heterocycles. The third kappa shape index (κ3) is 6.20. The predicted molar refractivity (Wildman–Crippen MR) is 155 cm³/mol. The van der Waals surface area contributed by atoms with Crippen LogP contribution in [-0.2, 0) is 24.3 Å². The molecule has 45 heavy (non-hydrogen) atoms. The minimum absolute atomic E-state index is 0.0406. The van der Waals surface area contributed by atoms with Crippen LogP contribution in [-0.4, -0.2) is 56.3 Å². The number of imidazole rings is 1. The van der Waals surface area contributed by atoms with Crippen molar-refractivity contribution < 1.29 is 37.3 Å². The molecule has 4 heterocycles. The molecule has 1 fully saturated rings. The van der Waals surface area contributed by atoms with Crippen molar-refractivity contribution in [2.45, 2.75) is 32.1 Å². The van der Waals surface area contributed by atoms with E-state index < -0.39 is 29.3 Å². The summed E-state index contributed by atoms with van der Waals surface area (Å²) in [6, 6.07) is 12.2. The van der Waals surface area contributed by atoms with E-state index in [1.54, 1.807) is 16.7 Å². The zero-order chi connectivity index (χ0) is 31.7. The Hall–Kier alpha value is -5.30. The number of hydrogen-bond donors (Lipinski definition) is 2. The number of carboxylic acids is 1. The van der Waals surface area contributed by atoms with E-state index in [1.807, 2.05) is 0 Å². The number of amides is 1. The fourth-order valence-electron chi connectivity index (χ4n) is 4.98. The summed E-state index contributed by atoms with van der Waals surface area (Å²) in [5, 5.41) is 11.8. The summed E-state index contributed by atoms with van der Waals surface area (Å²) in [5.74, 6) is -3.25. The first-order valence-corrected chi connectivity index (χ1v) is 14.0. The summed E-state index contributed by atoms with van der Waals surface area (Å²) in [6.45, 7) is 0.751. The van der Waals surface area contributed by atoms with Gasteiger partial charge in [0.15, 0.2) is 0 Å². The molecular formula is C32H26F3N5O5. The lowest BCUT2D eigenvalue weighted by Crippen LogP contribution is -2.31. The van der Waals surface area contributed by atoms with Crippen molar-refractivity contribution in [1.82, 2.24) is 24.8 Å². The summed E-state index contributed by atoms with van der Waals surface area (Å²) in [4.78, 5) is 36.0. The van der Waals surface area contributed by atoms with Crippen LogP contribution in [0.25, 0.3) is 22.3 Å². The number of carbonyl (C=O) groups excluding carboxylic acids is 1. The lowest BCUT2D eigenvalue weighted by molar-refractivity contribution is -0.0589. The maximum Gasteiger partial charge on any atom is 0.335 e. The summed E-state index contributed by atoms with van der Waals surface area (Å²) in [5.41, 5.74) is 1.22. The molecule has 10 nitrogen and oxygen atoms in total. The van der Waals surface area contributed by atoms with Gasteiger partial charge in [0, 0.05) is 49.5 Å². The first-order valence-electron chi connectivity index (χ1n) is 14.0. The number of nitrogens with zero attached hydrogens (tertiary/aromatic N) is 4. The molecule has 6 rings (SSSR count). The average Bonchev–Trinajstić information content (AvgIpc) is 3.35. The Kier molecular flexibility index (Phi) is 8.18. The number of aromatic nitrogens is 4. The normalized spacial score (nSPS) is 14.3. The summed E-state index contributed by atoms with van der Waals surface area (Å²) in [7, 11) is 1.41. The molecule has 13 heteroatoms. The second kappa shape index (κ2) is 12.4. The van der Waals surface area contributed by atoms with Gasteiger partial charge in [0.1, 0.15) is 35.6 Å². The van der Waals surface area contributed by atoms with Crippen LogP contribution in [0.2, 0.25) is 0 Å². The summed E-state index contributed by atoms with van der Waals surface area (Å²) >= 11 is 0. The van der Waals surface area contributed by atoms with E-state index in [-0.39, 0.29) is 58.7 Å². The topological polar surface area (TPSA) is 128 Å². The molecular weight excluding hydrogens is 591 g/mol. The first kappa shape index (κ1) is 29.8. The minimum atomic E-state index is -1.08. The number of carbonyl (C=O) groups is 2. The van der Waals surface area contributed by atoms with E-state index in [0.29, 0.717) is 30.0 Å². The lowest BCUT2D eigenvalue weighted by atomic mass is 10.0. The second-order valence-electron chi connectivity index (χ2n) is 10.4. The molecule has 2 aromatic carbocycles. The van der Waals surface area contributed by atoms with Crippen LogP contribution in [0.5, 0.6) is 5.88 Å². The average molecular weight is 618 g/mol. The summed E-state index contributed by atoms with van der Waals surface area (Å²) < 4.78 is 58.3. The number of aromatic carboxylic acids is 1. The Morgan fingerprint density at radius 1 is 1.04 bits per heavy atom. The molecule has 0 spiro atoms. The van der Waals surface area contributed by atoms with Gasteiger partial charge in [-0.2, -0.15) is 0 Å². The van der Waals surface area contributed by atoms with Gasteiger partial charge in [0.05, 0.1) is 34.9 Å². The van der Waals surface area contributed by atoms with Crippen molar-refractivity contribution >= 4 is 22.9 Å². The quantitative estimate of drug-likeness (QED) is 0.226. The number of benzene rings is 2. The third-order valence-corrected chi connectivity index (χ3v) is 7.50. The van der Waals surface area contributed by atoms with E-state index in [0.717, 1.165) is 24.6 Å². The second-order valence-corrected chi connectivity index (χ2v) is 10.4. The van der Waals surface area contributed by atoms with Gasteiger partial charge in [-0.1, -0.05) is 6.07 Å². The lowest BCUT2D eigenvalue weighted by Gasteiger charge is -2.27. The van der Waals surface area contributed by atoms with Gasteiger partial charge in [-0.25, -0.2) is 27.9 Å². The third-order valence-electron chi connectivity index (χ3n) is 7.50. The van der Waals surface area contributed by atoms with Gasteiger partial charge in [0.25, 0.3) is 5.91 Å². The number of rotatable bonds is 10. The number of nitrogens with one attached hydrogen (secondary N) is 1. The molecule has 230 valence electrons. The highest BCUT2D eigenvalue weighted by Gasteiger charge is 2.24. The largest absolute Gasteiger partial charge is 0.478 e. The Morgan fingerprint density at radius 2 is 1.84 bits per heavy atom. The van der Waals surface area contributed by atoms with Crippen molar-refractivity contribution in [3.8, 4) is 17.1 Å². The SMILES string of the molecule is CNC(=O)c1cc(F)c(COc2cccc(-c3cc(F)c(Cc4nc5ccc(C(=O)O)cc5n4C[C@@H]4CCO4)cc3F)n2)cn1. The van der Waals surface area contributed by atoms with E-state index in [1.165, 1.54) is 37.5 Å². The van der Waals surface area contributed by atoms with Crippen molar-refractivity contribution in [3.63, 3.8) is 0 Å². The fourth-order valence-corrected chi connectivity index (χ4v) is 4.98. The molecule has 1 atom stereocenters. The van der Waals surface area contributed by atoms with Crippen LogP contribution in [0.15, 0.2) is 60.8 Å². The zero-order valence-corrected chi connectivity index (χ0v) is 23.9. The smallest absolute Gasteiger partial charge is 0.335 e. The molecule has 3 aromatic heterocycles. The molecule has 0 bridgehead atoms. The molecule has 1 amide bonds. The number of halogens is 3. The van der Waals surface area contributed by atoms with Crippen LogP contribution < -0.4 is 10.1 Å². The predicted octanol–water partition coefficient (Wildman–Crippen LogP) is 4.93. The van der Waals surface area contributed by atoms with E-state index in [9.17, 15) is 19.1 Å². The van der Waals surface area contributed by atoms with Crippen molar-refractivity contribution in [1.29, 1.82) is 0 Å². The van der Waals surface area contributed by atoms with Gasteiger partial charge in [0.2, 0.25) is 5.88 Å². The molecule has 5 aromatic rings. The number of carboxylic acid groups (broad SMARTS) is 1. The molecule has 0 radical (unpaired) electrons. The Morgan fingerprint density at radius 3 is 2.56 bits per heavy atom. The van der Waals surface area contributed by atoms with Gasteiger partial charge in [-0.3, -0.25) is 9.78 Å². The molecule has 1 aliphatic rings. The Balaban J connectivity index is 1.24. The summed E-state index contributed by atoms with van der Waals surface area (Å²) in [6.07, 6.45) is 1.85. The molecule has 0 saturated carbocycles. The van der Waals surface area contributed by atoms with Crippen molar-refractivity contribution in [2.24, 2.45) is 0 Å². The monoisotopic (exact) mass is 617 g/mol. The zero-order valence-electron chi connectivity index (χ0n) is 23.9. The number of fused-ring (bicyclic) bond motifs is 1. The Labute approximate surface area is 254 Å². The van der Waals surface area contributed by atoms with Gasteiger partial charge < -0.3 is 24.5 Å². The highest BCUT2D eigenvalue weighted by Crippen LogP contribution is 2.29. The van der Waals surface area contributed by atoms with Crippen LogP contribution in [0.4, 0.5) is 13.2 Å². The van der Waals surface area contributed by atoms with Crippen LogP contribution >= 0.6 is 0 Å². The molecule has 0 unspecified atom stereocenters. The van der Waals surface area contributed by atoms with Gasteiger partial charge in [-0.15, -0.1) is 0 Å². The Bertz CT molecular complexity index is 1940. The van der Waals surface area contributed by atoms with E-state index in [2.05, 4.69) is 20.3 Å². The fraction of sp³-hybridized carbons (Fsp3) is 0.219. The molecule has 2 N–H and O–H groups in total. The van der Waals surface area contributed by atoms with Crippen LogP contribution in [0.1, 0.15) is 44.2 Å². The minimum Gasteiger partial charge on any atom is -0.478 e. The highest BCUT2D eigenvalue weighted by molar-refractivity contribution is 5.93. The standard InChI is InChI=1S/C32H26F3N5O5/c1-36-31(41)27-13-23(34)19(14-37-27)16-45-30-4-2-3-25(39-30)21-12-22(33)18(9-24(21)35)11-29-38-26-6-5-17(32(42)43)10-28(26)40(29)15-20-7-8-44-20/h2-6,9-10,12-14,20H,7-8,11,15-16H2,1H3,(H,36,41)(H,42,43)/t20-/m0/s1. The van der Waals surface area contributed by atoms with Gasteiger partial charge >= 0.3 is 5.97 Å². The van der Waals surface area contributed by atoms with E-state index in [4.69, 9.17) is 9.47 Å². The number of ether oxygens (including phenoxy) is 2. The first-order chi connectivity index (χ1) is 21.7. The highest BCUT2D eigenvalue weighted by atomic mass is 19.1. The number of pyridine rings is 2. The van der Waals surface area contributed by atoms with Crippen LogP contribution in [0.3, 0.4) is 0 Å². The van der Waals surface area contributed by atoms with E-state index >= 15 is 8.78 Å². The van der Waals surface area contributed by atoms with Gasteiger partial charge in [-0.05, 0) is 48.4 Å². The maximum atomic E-state index is 15.5. The number of hydrogen-bond acceptors (Lipinski definition) is 7.